The van der Waals surface area contributed by atoms with Crippen LogP contribution in [0.15, 0.2) is 28.6 Å². The standard InChI is InChI=1S/C20H30N4OS/c1-5-11-25-18-12-15(2)8-9-17(18)13-23-20(21-4)22-10-6-7-19-24-16(3)14-26-19/h8-9,12,14H,5-7,10-11,13H2,1-4H3,(H2,21,22,23). The summed E-state index contributed by atoms with van der Waals surface area (Å²) < 4.78 is 5.88. The summed E-state index contributed by atoms with van der Waals surface area (Å²) in [6.45, 7) is 8.52. The number of thiazole rings is 1. The van der Waals surface area contributed by atoms with Crippen LogP contribution in [0.4, 0.5) is 0 Å². The maximum atomic E-state index is 5.88. The first-order chi connectivity index (χ1) is 12.6. The SMILES string of the molecule is CCCOc1cc(C)ccc1CNC(=NC)NCCCc1nc(C)cs1. The predicted molar refractivity (Wildman–Crippen MR) is 110 cm³/mol. The van der Waals surface area contributed by atoms with Crippen LogP contribution < -0.4 is 15.4 Å². The number of aryl methyl sites for hydroxylation is 3. The molecule has 6 heteroatoms. The highest BCUT2D eigenvalue weighted by Gasteiger charge is 2.06. The molecule has 1 heterocycles. The number of hydrogen-bond acceptors (Lipinski definition) is 4. The van der Waals surface area contributed by atoms with E-state index >= 15 is 0 Å². The largest absolute Gasteiger partial charge is 0.493 e. The van der Waals surface area contributed by atoms with Gasteiger partial charge in [0.05, 0.1) is 11.6 Å². The molecule has 0 saturated carbocycles. The van der Waals surface area contributed by atoms with Gasteiger partial charge >= 0.3 is 0 Å². The van der Waals surface area contributed by atoms with Crippen LogP contribution >= 0.6 is 11.3 Å². The molecule has 0 saturated heterocycles. The van der Waals surface area contributed by atoms with Crippen LogP contribution in [0.1, 0.15) is 41.6 Å². The van der Waals surface area contributed by atoms with Gasteiger partial charge in [0.25, 0.3) is 0 Å². The van der Waals surface area contributed by atoms with Crippen molar-refractivity contribution in [1.82, 2.24) is 15.6 Å². The van der Waals surface area contributed by atoms with Gasteiger partial charge in [-0.1, -0.05) is 19.1 Å². The van der Waals surface area contributed by atoms with E-state index < -0.39 is 0 Å². The molecular formula is C20H30N4OS. The molecular weight excluding hydrogens is 344 g/mol. The number of rotatable bonds is 9. The fourth-order valence-electron chi connectivity index (χ4n) is 2.52. The Bertz CT molecular complexity index is 712. The van der Waals surface area contributed by atoms with Crippen LogP contribution in [-0.4, -0.2) is 31.1 Å². The molecule has 5 nitrogen and oxygen atoms in total. The Balaban J connectivity index is 1.79. The summed E-state index contributed by atoms with van der Waals surface area (Å²) in [5.74, 6) is 1.76. The molecule has 0 unspecified atom stereocenters. The fraction of sp³-hybridized carbons (Fsp3) is 0.500. The zero-order chi connectivity index (χ0) is 18.8. The molecule has 0 radical (unpaired) electrons. The maximum Gasteiger partial charge on any atom is 0.191 e. The molecule has 2 rings (SSSR count). The zero-order valence-electron chi connectivity index (χ0n) is 16.3. The number of guanidine groups is 1. The van der Waals surface area contributed by atoms with Crippen molar-refractivity contribution in [3.63, 3.8) is 0 Å². The van der Waals surface area contributed by atoms with E-state index in [4.69, 9.17) is 4.74 Å². The second-order valence-corrected chi connectivity index (χ2v) is 7.24. The Morgan fingerprint density at radius 2 is 2.12 bits per heavy atom. The Kier molecular flexibility index (Phi) is 8.41. The monoisotopic (exact) mass is 374 g/mol. The lowest BCUT2D eigenvalue weighted by atomic mass is 10.1. The van der Waals surface area contributed by atoms with Crippen LogP contribution in [-0.2, 0) is 13.0 Å². The smallest absolute Gasteiger partial charge is 0.191 e. The van der Waals surface area contributed by atoms with Crippen molar-refractivity contribution in [2.24, 2.45) is 4.99 Å². The summed E-state index contributed by atoms with van der Waals surface area (Å²) in [5.41, 5.74) is 3.46. The Labute approximate surface area is 160 Å². The highest BCUT2D eigenvalue weighted by atomic mass is 32.1. The third-order valence-electron chi connectivity index (χ3n) is 3.88. The second-order valence-electron chi connectivity index (χ2n) is 6.30. The lowest BCUT2D eigenvalue weighted by Gasteiger charge is -2.15. The molecule has 142 valence electrons. The first-order valence-electron chi connectivity index (χ1n) is 9.20. The van der Waals surface area contributed by atoms with Crippen molar-refractivity contribution in [2.45, 2.75) is 46.6 Å². The van der Waals surface area contributed by atoms with Gasteiger partial charge in [0.2, 0.25) is 0 Å². The highest BCUT2D eigenvalue weighted by molar-refractivity contribution is 7.09. The Morgan fingerprint density at radius 1 is 1.27 bits per heavy atom. The minimum absolute atomic E-state index is 0.685. The van der Waals surface area contributed by atoms with Crippen molar-refractivity contribution in [3.8, 4) is 5.75 Å². The molecule has 0 atom stereocenters. The molecule has 2 N–H and O–H groups in total. The van der Waals surface area contributed by atoms with E-state index in [1.807, 2.05) is 6.92 Å². The Hall–Kier alpha value is -2.08. The van der Waals surface area contributed by atoms with Crippen molar-refractivity contribution in [3.05, 3.63) is 45.4 Å². The molecule has 1 aromatic heterocycles. The second kappa shape index (κ2) is 10.8. The summed E-state index contributed by atoms with van der Waals surface area (Å²) in [5, 5.41) is 10.0. The molecule has 0 bridgehead atoms. The van der Waals surface area contributed by atoms with E-state index in [0.29, 0.717) is 6.54 Å². The van der Waals surface area contributed by atoms with Crippen LogP contribution in [0, 0.1) is 13.8 Å². The number of benzene rings is 1. The quantitative estimate of drug-likeness (QED) is 0.398. The maximum absolute atomic E-state index is 5.88. The molecule has 1 aromatic carbocycles. The van der Waals surface area contributed by atoms with Crippen molar-refractivity contribution in [1.29, 1.82) is 0 Å². The predicted octanol–water partition coefficient (Wildman–Crippen LogP) is 3.85. The third kappa shape index (κ3) is 6.67. The van der Waals surface area contributed by atoms with E-state index in [9.17, 15) is 0 Å². The molecule has 0 aliphatic heterocycles. The van der Waals surface area contributed by atoms with Crippen molar-refractivity contribution >= 4 is 17.3 Å². The molecule has 0 spiro atoms. The van der Waals surface area contributed by atoms with Crippen LogP contribution in [0.3, 0.4) is 0 Å². The highest BCUT2D eigenvalue weighted by Crippen LogP contribution is 2.20. The van der Waals surface area contributed by atoms with Gasteiger partial charge in [-0.25, -0.2) is 4.98 Å². The topological polar surface area (TPSA) is 58.5 Å². The molecule has 0 aliphatic rings. The molecule has 26 heavy (non-hydrogen) atoms. The third-order valence-corrected chi connectivity index (χ3v) is 4.91. The number of aliphatic imine (C=N–C) groups is 1. The summed E-state index contributed by atoms with van der Waals surface area (Å²) in [7, 11) is 1.79. The van der Waals surface area contributed by atoms with E-state index in [1.165, 1.54) is 10.6 Å². The van der Waals surface area contributed by atoms with Gasteiger partial charge in [-0.2, -0.15) is 0 Å². The molecule has 0 aliphatic carbocycles. The van der Waals surface area contributed by atoms with E-state index in [0.717, 1.165) is 55.4 Å². The van der Waals surface area contributed by atoms with Gasteiger partial charge in [-0.15, -0.1) is 11.3 Å². The summed E-state index contributed by atoms with van der Waals surface area (Å²) in [4.78, 5) is 8.80. The van der Waals surface area contributed by atoms with Gasteiger partial charge in [-0.05, 0) is 38.3 Å². The van der Waals surface area contributed by atoms with Crippen LogP contribution in [0.25, 0.3) is 0 Å². The number of ether oxygens (including phenoxy) is 1. The number of hydrogen-bond donors (Lipinski definition) is 2. The first kappa shape index (κ1) is 20.2. The number of nitrogens with one attached hydrogen (secondary N) is 2. The average Bonchev–Trinajstić information content (AvgIpc) is 3.05. The van der Waals surface area contributed by atoms with Crippen LogP contribution in [0.2, 0.25) is 0 Å². The van der Waals surface area contributed by atoms with Gasteiger partial charge in [0, 0.05) is 43.2 Å². The minimum atomic E-state index is 0.685. The van der Waals surface area contributed by atoms with Crippen molar-refractivity contribution in [2.75, 3.05) is 20.2 Å². The number of nitrogens with zero attached hydrogens (tertiary/aromatic N) is 2. The summed E-state index contributed by atoms with van der Waals surface area (Å²) >= 11 is 1.73. The summed E-state index contributed by atoms with van der Waals surface area (Å²) in [6, 6.07) is 6.33. The van der Waals surface area contributed by atoms with E-state index in [1.54, 1.807) is 18.4 Å². The van der Waals surface area contributed by atoms with Gasteiger partial charge in [-0.3, -0.25) is 4.99 Å². The first-order valence-corrected chi connectivity index (χ1v) is 10.1. The molecule has 0 amide bonds. The van der Waals surface area contributed by atoms with Gasteiger partial charge < -0.3 is 15.4 Å². The number of aromatic nitrogens is 1. The molecule has 2 aromatic rings. The van der Waals surface area contributed by atoms with Crippen molar-refractivity contribution < 1.29 is 4.74 Å². The van der Waals surface area contributed by atoms with Gasteiger partial charge in [0.1, 0.15) is 5.75 Å². The average molecular weight is 375 g/mol. The Morgan fingerprint density at radius 3 is 2.81 bits per heavy atom. The minimum Gasteiger partial charge on any atom is -0.493 e. The molecule has 0 fully saturated rings. The van der Waals surface area contributed by atoms with Gasteiger partial charge in [0.15, 0.2) is 5.96 Å². The van der Waals surface area contributed by atoms with E-state index in [2.05, 4.69) is 58.0 Å². The lowest BCUT2D eigenvalue weighted by molar-refractivity contribution is 0.313. The van der Waals surface area contributed by atoms with Crippen LogP contribution in [0.5, 0.6) is 5.75 Å². The zero-order valence-corrected chi connectivity index (χ0v) is 17.1. The lowest BCUT2D eigenvalue weighted by Crippen LogP contribution is -2.37. The normalized spacial score (nSPS) is 11.5. The summed E-state index contributed by atoms with van der Waals surface area (Å²) in [6.07, 6.45) is 3.03. The van der Waals surface area contributed by atoms with E-state index in [-0.39, 0.29) is 0 Å². The fourth-order valence-corrected chi connectivity index (χ4v) is 3.34.